The summed E-state index contributed by atoms with van der Waals surface area (Å²) in [5.74, 6) is -0.822. The van der Waals surface area contributed by atoms with Crippen LogP contribution in [0.25, 0.3) is 0 Å². The summed E-state index contributed by atoms with van der Waals surface area (Å²) in [5, 5.41) is 0.0495. The van der Waals surface area contributed by atoms with Crippen molar-refractivity contribution in [1.29, 1.82) is 0 Å². The lowest BCUT2D eigenvalue weighted by Crippen LogP contribution is -2.74. The molecule has 1 heterocycles. The number of Topliss-reactive ketones (excluding diaryl/α,β-unsaturated/α-hetero) is 1. The van der Waals surface area contributed by atoms with Gasteiger partial charge in [0.15, 0.2) is 22.4 Å². The van der Waals surface area contributed by atoms with Gasteiger partial charge < -0.3 is 8.85 Å². The van der Waals surface area contributed by atoms with Crippen molar-refractivity contribution in [2.75, 3.05) is 13.2 Å². The molecule has 0 spiro atoms. The molecule has 0 bridgehead atoms. The van der Waals surface area contributed by atoms with Crippen molar-refractivity contribution in [1.82, 2.24) is 4.90 Å². The molecule has 6 nitrogen and oxygen atoms in total. The molecule has 1 rings (SSSR count). The number of β-lactam (4-membered cyclic amide) rings is 1. The number of carbonyl (C=O) groups is 3. The Bertz CT molecular complexity index is 706. The van der Waals surface area contributed by atoms with Crippen LogP contribution < -0.4 is 0 Å². The summed E-state index contributed by atoms with van der Waals surface area (Å²) in [4.78, 5) is 39.9. The zero-order chi connectivity index (χ0) is 24.6. The topological polar surface area (TPSA) is 72.9 Å². The summed E-state index contributed by atoms with van der Waals surface area (Å²) in [7, 11) is -4.07. The highest BCUT2D eigenvalue weighted by atomic mass is 28.4. The number of ketones is 1. The minimum Gasteiger partial charge on any atom is -0.416 e. The van der Waals surface area contributed by atoms with E-state index in [-0.39, 0.29) is 41.2 Å². The van der Waals surface area contributed by atoms with Gasteiger partial charge in [0.2, 0.25) is 11.8 Å². The highest BCUT2D eigenvalue weighted by Crippen LogP contribution is 2.44. The standard InChI is InChI=1S/C23H45NO5Si2/c1-13-19(26)24-17(16-29-31(11,12)22(5,6)7)23(8,20(24)27)18(25)14-15-28-30(9,10)21(2,3)4/h17H,13-16H2,1-12H3/t17-,23+/m1/s1. The molecule has 0 unspecified atom stereocenters. The molecule has 8 heteroatoms. The van der Waals surface area contributed by atoms with Crippen LogP contribution in [0.1, 0.15) is 68.2 Å². The van der Waals surface area contributed by atoms with Crippen LogP contribution in [0.2, 0.25) is 36.3 Å². The van der Waals surface area contributed by atoms with E-state index in [0.717, 1.165) is 0 Å². The van der Waals surface area contributed by atoms with Crippen molar-refractivity contribution < 1.29 is 23.2 Å². The van der Waals surface area contributed by atoms with Gasteiger partial charge in [-0.05, 0) is 43.2 Å². The Morgan fingerprint density at radius 3 is 1.84 bits per heavy atom. The predicted molar refractivity (Wildman–Crippen MR) is 130 cm³/mol. The lowest BCUT2D eigenvalue weighted by atomic mass is 9.68. The zero-order valence-corrected chi connectivity index (χ0v) is 23.9. The van der Waals surface area contributed by atoms with Crippen LogP contribution in [0.15, 0.2) is 0 Å². The maximum Gasteiger partial charge on any atom is 0.245 e. The van der Waals surface area contributed by atoms with Crippen molar-refractivity contribution in [3.05, 3.63) is 0 Å². The number of rotatable bonds is 9. The van der Waals surface area contributed by atoms with Gasteiger partial charge in [-0.2, -0.15) is 0 Å². The third kappa shape index (κ3) is 5.57. The molecule has 2 amide bonds. The lowest BCUT2D eigenvalue weighted by Gasteiger charge is -2.53. The molecule has 0 aromatic rings. The minimum absolute atomic E-state index is 0.00221. The molecule has 0 aromatic carbocycles. The summed E-state index contributed by atoms with van der Waals surface area (Å²) in [6, 6.07) is -0.554. The summed E-state index contributed by atoms with van der Waals surface area (Å²) in [6.07, 6.45) is 0.389. The van der Waals surface area contributed by atoms with E-state index in [1.54, 1.807) is 13.8 Å². The molecule has 180 valence electrons. The SMILES string of the molecule is CCC(=O)N1C(=O)[C@](C)(C(=O)CCO[Si](C)(C)C(C)(C)C)[C@H]1CO[Si](C)(C)C(C)(C)C. The Labute approximate surface area is 191 Å². The van der Waals surface area contributed by atoms with Gasteiger partial charge in [0.05, 0.1) is 12.6 Å². The first kappa shape index (κ1) is 28.2. The Balaban J connectivity index is 3.00. The summed E-state index contributed by atoms with van der Waals surface area (Å²) < 4.78 is 12.5. The van der Waals surface area contributed by atoms with Crippen molar-refractivity contribution in [3.8, 4) is 0 Å². The predicted octanol–water partition coefficient (Wildman–Crippen LogP) is 5.14. The maximum absolute atomic E-state index is 13.2. The van der Waals surface area contributed by atoms with Gasteiger partial charge in [0.25, 0.3) is 0 Å². The largest absolute Gasteiger partial charge is 0.416 e. The van der Waals surface area contributed by atoms with Gasteiger partial charge >= 0.3 is 0 Å². The molecule has 0 aromatic heterocycles. The van der Waals surface area contributed by atoms with Crippen LogP contribution in [0.5, 0.6) is 0 Å². The molecule has 1 saturated heterocycles. The number of likely N-dealkylation sites (tertiary alicyclic amines) is 1. The minimum atomic E-state index is -2.09. The molecular formula is C23H45NO5Si2. The third-order valence-corrected chi connectivity index (χ3v) is 16.8. The molecule has 0 N–H and O–H groups in total. The molecule has 31 heavy (non-hydrogen) atoms. The average Bonchev–Trinajstić information content (AvgIpc) is 2.61. The van der Waals surface area contributed by atoms with Crippen LogP contribution in [0, 0.1) is 5.41 Å². The zero-order valence-electron chi connectivity index (χ0n) is 21.9. The first-order valence-corrected chi connectivity index (χ1v) is 17.2. The quantitative estimate of drug-likeness (QED) is 0.264. The molecule has 1 aliphatic rings. The molecule has 0 aliphatic carbocycles. The first-order valence-electron chi connectivity index (χ1n) is 11.4. The Hall–Kier alpha value is -0.836. The van der Waals surface area contributed by atoms with E-state index in [0.29, 0.717) is 6.61 Å². The van der Waals surface area contributed by atoms with Crippen LogP contribution in [-0.2, 0) is 23.2 Å². The third-order valence-electron chi connectivity index (χ3n) is 7.80. The van der Waals surface area contributed by atoms with E-state index in [1.165, 1.54) is 4.90 Å². The highest BCUT2D eigenvalue weighted by Gasteiger charge is 2.63. The molecule has 2 atom stereocenters. The number of nitrogens with zero attached hydrogens (tertiary/aromatic N) is 1. The second kappa shape index (κ2) is 9.19. The van der Waals surface area contributed by atoms with Crippen molar-refractivity contribution in [3.63, 3.8) is 0 Å². The molecule has 0 radical (unpaired) electrons. The Kier molecular flexibility index (Phi) is 8.36. The summed E-state index contributed by atoms with van der Waals surface area (Å²) >= 11 is 0. The summed E-state index contributed by atoms with van der Waals surface area (Å²) in [5.41, 5.74) is -1.23. The van der Waals surface area contributed by atoms with E-state index in [4.69, 9.17) is 8.85 Å². The van der Waals surface area contributed by atoms with Crippen LogP contribution >= 0.6 is 0 Å². The number of hydrogen-bond acceptors (Lipinski definition) is 5. The molecule has 0 saturated carbocycles. The number of carbonyl (C=O) groups excluding carboxylic acids is 3. The fourth-order valence-corrected chi connectivity index (χ4v) is 5.16. The summed E-state index contributed by atoms with van der Waals surface area (Å²) in [6.45, 7) is 25.3. The Morgan fingerprint density at radius 1 is 0.968 bits per heavy atom. The van der Waals surface area contributed by atoms with Crippen LogP contribution in [0.4, 0.5) is 0 Å². The Morgan fingerprint density at radius 2 is 1.42 bits per heavy atom. The van der Waals surface area contributed by atoms with Gasteiger partial charge in [0, 0.05) is 19.4 Å². The van der Waals surface area contributed by atoms with E-state index < -0.39 is 34.0 Å². The number of amides is 2. The highest BCUT2D eigenvalue weighted by molar-refractivity contribution is 6.74. The normalized spacial score (nSPS) is 23.0. The van der Waals surface area contributed by atoms with Gasteiger partial charge in [-0.3, -0.25) is 19.3 Å². The fourth-order valence-electron chi connectivity index (χ4n) is 3.11. The van der Waals surface area contributed by atoms with E-state index in [2.05, 4.69) is 67.7 Å². The van der Waals surface area contributed by atoms with Gasteiger partial charge in [-0.15, -0.1) is 0 Å². The monoisotopic (exact) mass is 471 g/mol. The van der Waals surface area contributed by atoms with Crippen LogP contribution in [-0.4, -0.2) is 58.4 Å². The van der Waals surface area contributed by atoms with Crippen molar-refractivity contribution in [2.24, 2.45) is 5.41 Å². The molecule has 1 aliphatic heterocycles. The maximum atomic E-state index is 13.2. The van der Waals surface area contributed by atoms with Crippen LogP contribution in [0.3, 0.4) is 0 Å². The second-order valence-electron chi connectivity index (χ2n) is 12.0. The number of imide groups is 1. The molecule has 1 fully saturated rings. The fraction of sp³-hybridized carbons (Fsp3) is 0.870. The van der Waals surface area contributed by atoms with Gasteiger partial charge in [-0.1, -0.05) is 48.5 Å². The smallest absolute Gasteiger partial charge is 0.245 e. The molecular weight excluding hydrogens is 426 g/mol. The van der Waals surface area contributed by atoms with Crippen molar-refractivity contribution in [2.45, 2.75) is 111 Å². The van der Waals surface area contributed by atoms with Crippen molar-refractivity contribution >= 4 is 34.2 Å². The number of hydrogen-bond donors (Lipinski definition) is 0. The average molecular weight is 472 g/mol. The van der Waals surface area contributed by atoms with E-state index >= 15 is 0 Å². The lowest BCUT2D eigenvalue weighted by molar-refractivity contribution is -0.183. The van der Waals surface area contributed by atoms with E-state index in [9.17, 15) is 14.4 Å². The second-order valence-corrected chi connectivity index (χ2v) is 21.6. The van der Waals surface area contributed by atoms with Gasteiger partial charge in [-0.25, -0.2) is 0 Å². The van der Waals surface area contributed by atoms with Gasteiger partial charge in [0.1, 0.15) is 5.41 Å². The first-order chi connectivity index (χ1) is 13.7. The van der Waals surface area contributed by atoms with E-state index in [1.807, 2.05) is 0 Å².